The van der Waals surface area contributed by atoms with Gasteiger partial charge in [-0.15, -0.1) is 0 Å². The molecule has 2 rings (SSSR count). The highest BCUT2D eigenvalue weighted by atomic mass is 32.2. The van der Waals surface area contributed by atoms with Crippen LogP contribution in [0, 0.1) is 19.8 Å². The Kier molecular flexibility index (Phi) is 5.27. The van der Waals surface area contributed by atoms with Crippen molar-refractivity contribution in [3.8, 4) is 0 Å². The quantitative estimate of drug-likeness (QED) is 0.775. The highest BCUT2D eigenvalue weighted by Crippen LogP contribution is 2.32. The zero-order chi connectivity index (χ0) is 15.5. The van der Waals surface area contributed by atoms with Crippen molar-refractivity contribution in [3.05, 3.63) is 23.3 Å². The van der Waals surface area contributed by atoms with Crippen LogP contribution in [0.15, 0.2) is 17.0 Å². The highest BCUT2D eigenvalue weighted by molar-refractivity contribution is 7.89. The summed E-state index contributed by atoms with van der Waals surface area (Å²) in [5.74, 6) is 0.732. The van der Waals surface area contributed by atoms with Crippen molar-refractivity contribution in [2.24, 2.45) is 5.92 Å². The molecule has 0 amide bonds. The van der Waals surface area contributed by atoms with E-state index in [9.17, 15) is 8.42 Å². The third-order valence-corrected chi connectivity index (χ3v) is 5.62. The van der Waals surface area contributed by atoms with E-state index in [0.717, 1.165) is 42.1 Å². The van der Waals surface area contributed by atoms with Gasteiger partial charge in [0.25, 0.3) is 0 Å². The number of benzene rings is 1. The molecule has 0 saturated heterocycles. The van der Waals surface area contributed by atoms with Gasteiger partial charge in [0.1, 0.15) is 0 Å². The van der Waals surface area contributed by atoms with Gasteiger partial charge in [0.15, 0.2) is 0 Å². The molecule has 0 unspecified atom stereocenters. The smallest absolute Gasteiger partial charge is 0.241 e. The second kappa shape index (κ2) is 6.79. The van der Waals surface area contributed by atoms with Gasteiger partial charge in [0.05, 0.1) is 4.90 Å². The summed E-state index contributed by atoms with van der Waals surface area (Å²) in [6.45, 7) is 7.26. The second-order valence-electron chi connectivity index (χ2n) is 6.00. The fraction of sp³-hybridized carbons (Fsp3) is 0.625. The molecule has 1 aromatic rings. The number of nitrogens with one attached hydrogen (secondary N) is 2. The van der Waals surface area contributed by atoms with E-state index in [4.69, 9.17) is 0 Å². The number of anilines is 1. The minimum atomic E-state index is -3.40. The Morgan fingerprint density at radius 1 is 1.14 bits per heavy atom. The van der Waals surface area contributed by atoms with Crippen molar-refractivity contribution in [3.63, 3.8) is 0 Å². The van der Waals surface area contributed by atoms with Gasteiger partial charge in [-0.05, 0) is 55.9 Å². The Balaban J connectivity index is 2.13. The molecule has 118 valence electrons. The molecule has 0 atom stereocenters. The molecule has 0 aromatic heterocycles. The zero-order valence-electron chi connectivity index (χ0n) is 13.2. The molecule has 5 heteroatoms. The highest BCUT2D eigenvalue weighted by Gasteiger charge is 2.23. The van der Waals surface area contributed by atoms with Crippen molar-refractivity contribution >= 4 is 15.7 Å². The number of aryl methyl sites for hydroxylation is 2. The molecule has 4 nitrogen and oxygen atoms in total. The molecular weight excluding hydrogens is 284 g/mol. The molecule has 0 bridgehead atoms. The van der Waals surface area contributed by atoms with Crippen molar-refractivity contribution in [1.82, 2.24) is 4.72 Å². The summed E-state index contributed by atoms with van der Waals surface area (Å²) < 4.78 is 27.7. The lowest BCUT2D eigenvalue weighted by Gasteiger charge is -2.15. The van der Waals surface area contributed by atoms with E-state index in [2.05, 4.69) is 17.0 Å². The summed E-state index contributed by atoms with van der Waals surface area (Å²) in [6.07, 6.45) is 4.49. The van der Waals surface area contributed by atoms with E-state index in [1.54, 1.807) is 0 Å². The Morgan fingerprint density at radius 3 is 2.29 bits per heavy atom. The van der Waals surface area contributed by atoms with Crippen LogP contribution in [0.1, 0.15) is 43.7 Å². The third-order valence-electron chi connectivity index (χ3n) is 3.85. The molecule has 1 aromatic carbocycles. The number of rotatable bonds is 8. The van der Waals surface area contributed by atoms with Crippen LogP contribution < -0.4 is 10.0 Å². The Hall–Kier alpha value is -1.07. The molecule has 0 radical (unpaired) electrons. The number of sulfonamides is 1. The van der Waals surface area contributed by atoms with Gasteiger partial charge in [-0.1, -0.05) is 19.8 Å². The summed E-state index contributed by atoms with van der Waals surface area (Å²) in [4.78, 5) is 0.431. The van der Waals surface area contributed by atoms with Crippen LogP contribution in [0.25, 0.3) is 0 Å². The number of hydrogen-bond donors (Lipinski definition) is 2. The lowest BCUT2D eigenvalue weighted by Crippen LogP contribution is -2.26. The van der Waals surface area contributed by atoms with Gasteiger partial charge in [-0.2, -0.15) is 0 Å². The van der Waals surface area contributed by atoms with Crippen molar-refractivity contribution < 1.29 is 8.42 Å². The fourth-order valence-electron chi connectivity index (χ4n) is 2.62. The molecule has 1 aliphatic rings. The fourth-order valence-corrected chi connectivity index (χ4v) is 4.12. The molecule has 2 N–H and O–H groups in total. The molecule has 21 heavy (non-hydrogen) atoms. The number of hydrogen-bond acceptors (Lipinski definition) is 3. The minimum Gasteiger partial charge on any atom is -0.385 e. The normalized spacial score (nSPS) is 15.2. The Morgan fingerprint density at radius 2 is 1.76 bits per heavy atom. The first-order valence-corrected chi connectivity index (χ1v) is 9.27. The monoisotopic (exact) mass is 310 g/mol. The van der Waals surface area contributed by atoms with Gasteiger partial charge in [0.2, 0.25) is 10.0 Å². The van der Waals surface area contributed by atoms with Crippen LogP contribution in [0.5, 0.6) is 0 Å². The largest absolute Gasteiger partial charge is 0.385 e. The van der Waals surface area contributed by atoms with Crippen LogP contribution >= 0.6 is 0 Å². The molecule has 0 spiro atoms. The SMILES string of the molecule is CCCNc1cc(C)c(S(=O)(=O)NCCC2CC2)c(C)c1. The third kappa shape index (κ3) is 4.45. The lowest BCUT2D eigenvalue weighted by atomic mass is 10.1. The molecule has 1 saturated carbocycles. The second-order valence-corrected chi connectivity index (χ2v) is 7.70. The van der Waals surface area contributed by atoms with Crippen LogP contribution in [0.4, 0.5) is 5.69 Å². The van der Waals surface area contributed by atoms with Crippen molar-refractivity contribution in [2.75, 3.05) is 18.4 Å². The van der Waals surface area contributed by atoms with Gasteiger partial charge in [-0.3, -0.25) is 0 Å². The average molecular weight is 310 g/mol. The maximum atomic E-state index is 12.5. The molecule has 1 aliphatic carbocycles. The predicted molar refractivity (Wildman–Crippen MR) is 87.2 cm³/mol. The summed E-state index contributed by atoms with van der Waals surface area (Å²) in [5.41, 5.74) is 2.59. The molecule has 0 heterocycles. The Bertz CT molecular complexity index is 569. The molecule has 0 aliphatic heterocycles. The van der Waals surface area contributed by atoms with E-state index in [0.29, 0.717) is 11.4 Å². The van der Waals surface area contributed by atoms with Crippen LogP contribution in [0.3, 0.4) is 0 Å². The Labute approximate surface area is 128 Å². The lowest BCUT2D eigenvalue weighted by molar-refractivity contribution is 0.574. The van der Waals surface area contributed by atoms with E-state index >= 15 is 0 Å². The predicted octanol–water partition coefficient (Wildman–Crippen LogP) is 3.20. The summed E-state index contributed by atoms with van der Waals surface area (Å²) in [7, 11) is -3.40. The van der Waals surface area contributed by atoms with Crippen LogP contribution in [-0.2, 0) is 10.0 Å². The van der Waals surface area contributed by atoms with Gasteiger partial charge >= 0.3 is 0 Å². The van der Waals surface area contributed by atoms with Crippen molar-refractivity contribution in [1.29, 1.82) is 0 Å². The molecular formula is C16H26N2O2S. The van der Waals surface area contributed by atoms with E-state index < -0.39 is 10.0 Å². The van der Waals surface area contributed by atoms with Crippen molar-refractivity contribution in [2.45, 2.75) is 51.3 Å². The van der Waals surface area contributed by atoms with E-state index in [-0.39, 0.29) is 0 Å². The summed E-state index contributed by atoms with van der Waals surface area (Å²) in [5, 5.41) is 3.31. The zero-order valence-corrected chi connectivity index (χ0v) is 14.0. The topological polar surface area (TPSA) is 58.2 Å². The summed E-state index contributed by atoms with van der Waals surface area (Å²) in [6, 6.07) is 3.83. The first kappa shape index (κ1) is 16.3. The minimum absolute atomic E-state index is 0.431. The summed E-state index contributed by atoms with van der Waals surface area (Å²) >= 11 is 0. The van der Waals surface area contributed by atoms with Crippen LogP contribution in [0.2, 0.25) is 0 Å². The maximum Gasteiger partial charge on any atom is 0.241 e. The van der Waals surface area contributed by atoms with Gasteiger partial charge in [-0.25, -0.2) is 13.1 Å². The standard InChI is InChI=1S/C16H26N2O2S/c1-4-8-17-15-10-12(2)16(13(3)11-15)21(19,20)18-9-7-14-5-6-14/h10-11,14,17-18H,4-9H2,1-3H3. The average Bonchev–Trinajstić information content (AvgIpc) is 3.19. The first-order chi connectivity index (χ1) is 9.94. The van der Waals surface area contributed by atoms with Crippen LogP contribution in [-0.4, -0.2) is 21.5 Å². The van der Waals surface area contributed by atoms with E-state index in [1.165, 1.54) is 12.8 Å². The van der Waals surface area contributed by atoms with E-state index in [1.807, 2.05) is 26.0 Å². The maximum absolute atomic E-state index is 12.5. The first-order valence-electron chi connectivity index (χ1n) is 7.79. The van der Waals surface area contributed by atoms with Gasteiger partial charge in [0, 0.05) is 18.8 Å². The van der Waals surface area contributed by atoms with Gasteiger partial charge < -0.3 is 5.32 Å². The molecule has 1 fully saturated rings.